The van der Waals surface area contributed by atoms with E-state index in [1.165, 1.54) is 10.8 Å². The molecule has 3 rings (SSSR count). The number of halogens is 5. The molecule has 2 heterocycles. The minimum absolute atomic E-state index is 0.0691. The fraction of sp³-hybridized carbons (Fsp3) is 0.571. The van der Waals surface area contributed by atoms with Gasteiger partial charge in [0, 0.05) is 63.4 Å². The van der Waals surface area contributed by atoms with Crippen molar-refractivity contribution < 1.29 is 26.7 Å². The van der Waals surface area contributed by atoms with Crippen LogP contribution in [0.2, 0.25) is 25.7 Å². The lowest BCUT2D eigenvalue weighted by Crippen LogP contribution is -2.27. The Morgan fingerprint density at radius 1 is 1.38 bits per heavy atom. The number of nitrogens with zero attached hydrogens (tertiary/aromatic N) is 3. The second-order valence-electron chi connectivity index (χ2n) is 9.67. The van der Waals surface area contributed by atoms with Gasteiger partial charge in [0.2, 0.25) is 5.78 Å². The summed E-state index contributed by atoms with van der Waals surface area (Å²) < 4.78 is 75.9. The zero-order chi connectivity index (χ0) is 25.5. The number of fused-ring (bicyclic) bond motifs is 1. The predicted octanol–water partition coefficient (Wildman–Crippen LogP) is 4.37. The fourth-order valence-electron chi connectivity index (χ4n) is 3.39. The van der Waals surface area contributed by atoms with Gasteiger partial charge in [-0.25, -0.2) is 13.8 Å². The van der Waals surface area contributed by atoms with Gasteiger partial charge in [-0.1, -0.05) is 19.6 Å². The molecule has 0 radical (unpaired) electrons. The maximum absolute atomic E-state index is 13.9. The number of alkyl halides is 5. The van der Waals surface area contributed by atoms with Crippen molar-refractivity contribution in [1.29, 1.82) is 5.41 Å². The third-order valence-corrected chi connectivity index (χ3v) is 7.29. The number of imidazole rings is 1. The summed E-state index contributed by atoms with van der Waals surface area (Å²) >= 11 is 0. The molecule has 188 valence electrons. The molecule has 1 fully saturated rings. The van der Waals surface area contributed by atoms with Crippen LogP contribution >= 0.6 is 0 Å². The van der Waals surface area contributed by atoms with Gasteiger partial charge in [0.05, 0.1) is 5.56 Å². The third kappa shape index (κ3) is 5.74. The molecule has 0 aliphatic heterocycles. The molecule has 1 aliphatic rings. The molecule has 0 saturated heterocycles. The summed E-state index contributed by atoms with van der Waals surface area (Å²) in [7, 11) is -1.36. The third-order valence-electron chi connectivity index (χ3n) is 5.59. The summed E-state index contributed by atoms with van der Waals surface area (Å²) in [6.07, 6.45) is -2.40. The minimum atomic E-state index is -4.99. The van der Waals surface area contributed by atoms with Crippen molar-refractivity contribution in [2.45, 2.75) is 57.9 Å². The molecule has 0 spiro atoms. The zero-order valence-electron chi connectivity index (χ0n) is 19.4. The first-order chi connectivity index (χ1) is 15.7. The highest BCUT2D eigenvalue weighted by Crippen LogP contribution is 2.48. The van der Waals surface area contributed by atoms with Crippen molar-refractivity contribution in [3.05, 3.63) is 39.7 Å². The largest absolute Gasteiger partial charge is 0.434 e. The van der Waals surface area contributed by atoms with Crippen molar-refractivity contribution in [2.24, 2.45) is 5.92 Å². The average Bonchev–Trinajstić information content (AvgIpc) is 3.18. The van der Waals surface area contributed by atoms with Crippen molar-refractivity contribution in [3.63, 3.8) is 0 Å². The van der Waals surface area contributed by atoms with Gasteiger partial charge >= 0.3 is 6.18 Å². The van der Waals surface area contributed by atoms with E-state index in [4.69, 9.17) is 10.1 Å². The van der Waals surface area contributed by atoms with Gasteiger partial charge in [-0.3, -0.25) is 13.8 Å². The van der Waals surface area contributed by atoms with E-state index in [0.29, 0.717) is 18.5 Å². The summed E-state index contributed by atoms with van der Waals surface area (Å²) in [5.41, 5.74) is -3.23. The van der Waals surface area contributed by atoms with Crippen LogP contribution in [0.4, 0.5) is 22.0 Å². The fourth-order valence-corrected chi connectivity index (χ4v) is 4.15. The smallest absolute Gasteiger partial charge is 0.390 e. The predicted molar refractivity (Wildman–Crippen MR) is 121 cm³/mol. The SMILES string of the molecule is Cc1cn2c(=O)c(/C(C=N)=C/NCC3CC3(F)F)c(C(F)(F)F)nc2n1COCC[Si](C)(C)C. The number of aromatic nitrogens is 3. The first-order valence-electron chi connectivity index (χ1n) is 10.8. The number of hydrogen-bond donors (Lipinski definition) is 2. The Morgan fingerprint density at radius 2 is 2.03 bits per heavy atom. The van der Waals surface area contributed by atoms with Gasteiger partial charge in [0.15, 0.2) is 5.69 Å². The summed E-state index contributed by atoms with van der Waals surface area (Å²) in [5.74, 6) is -3.97. The maximum Gasteiger partial charge on any atom is 0.434 e. The molecular weight excluding hydrogens is 477 g/mol. The average molecular weight is 506 g/mol. The Bertz CT molecular complexity index is 1160. The highest BCUT2D eigenvalue weighted by Gasteiger charge is 2.56. The molecule has 0 aromatic carbocycles. The van der Waals surface area contributed by atoms with Crippen molar-refractivity contribution in [2.75, 3.05) is 13.2 Å². The number of rotatable bonds is 10. The summed E-state index contributed by atoms with van der Waals surface area (Å²) in [6.45, 7) is 8.31. The molecule has 1 atom stereocenters. The van der Waals surface area contributed by atoms with Crippen LogP contribution in [0, 0.1) is 18.3 Å². The Labute approximate surface area is 194 Å². The molecule has 1 saturated carbocycles. The van der Waals surface area contributed by atoms with E-state index in [1.807, 2.05) is 0 Å². The maximum atomic E-state index is 13.9. The Morgan fingerprint density at radius 3 is 2.56 bits per heavy atom. The molecule has 1 unspecified atom stereocenters. The van der Waals surface area contributed by atoms with Crippen molar-refractivity contribution in [3.8, 4) is 0 Å². The number of hydrogen-bond acceptors (Lipinski definition) is 5. The van der Waals surface area contributed by atoms with E-state index in [2.05, 4.69) is 29.9 Å². The minimum Gasteiger partial charge on any atom is -0.390 e. The highest BCUT2D eigenvalue weighted by molar-refractivity contribution is 6.76. The Hall–Kier alpha value is -2.54. The topological polar surface area (TPSA) is 84.4 Å². The molecule has 34 heavy (non-hydrogen) atoms. The lowest BCUT2D eigenvalue weighted by molar-refractivity contribution is -0.141. The second-order valence-corrected chi connectivity index (χ2v) is 15.3. The van der Waals surface area contributed by atoms with Crippen LogP contribution in [0.25, 0.3) is 11.4 Å². The molecule has 0 amide bonds. The van der Waals surface area contributed by atoms with Gasteiger partial charge < -0.3 is 15.5 Å². The second kappa shape index (κ2) is 9.25. The lowest BCUT2D eigenvalue weighted by atomic mass is 10.1. The standard InChI is InChI=1S/C21H28F5N5O2Si/c1-13-11-30-18(32)16(14(8-27)9-28-10-15-7-20(15,22)23)17(21(24,25)26)29-19(30)31(13)12-33-5-6-34(2,3)4/h8-9,11,15,27-28H,5-7,10,12H2,1-4H3/b14-9+,27-8?. The van der Waals surface area contributed by atoms with Crippen LogP contribution in [-0.4, -0.2) is 47.3 Å². The zero-order valence-corrected chi connectivity index (χ0v) is 20.4. The molecule has 1 aliphatic carbocycles. The van der Waals surface area contributed by atoms with Gasteiger partial charge in [-0.2, -0.15) is 13.2 Å². The van der Waals surface area contributed by atoms with Crippen LogP contribution in [0.3, 0.4) is 0 Å². The van der Waals surface area contributed by atoms with E-state index in [9.17, 15) is 26.7 Å². The first kappa shape index (κ1) is 26.1. The molecule has 2 N–H and O–H groups in total. The van der Waals surface area contributed by atoms with Crippen molar-refractivity contribution in [1.82, 2.24) is 19.3 Å². The lowest BCUT2D eigenvalue weighted by Gasteiger charge is -2.16. The number of nitrogens with one attached hydrogen (secondary N) is 2. The van der Waals surface area contributed by atoms with Gasteiger partial charge in [0.1, 0.15) is 6.73 Å². The summed E-state index contributed by atoms with van der Waals surface area (Å²) in [6, 6.07) is 0.865. The summed E-state index contributed by atoms with van der Waals surface area (Å²) in [4.78, 5) is 16.9. The summed E-state index contributed by atoms with van der Waals surface area (Å²) in [5, 5.41) is 10.1. The van der Waals surface area contributed by atoms with E-state index >= 15 is 0 Å². The van der Waals surface area contributed by atoms with Gasteiger partial charge in [-0.05, 0) is 13.0 Å². The first-order valence-corrected chi connectivity index (χ1v) is 14.5. The Kier molecular flexibility index (Phi) is 7.09. The monoisotopic (exact) mass is 505 g/mol. The van der Waals surface area contributed by atoms with Crippen LogP contribution in [0.1, 0.15) is 23.4 Å². The van der Waals surface area contributed by atoms with Gasteiger partial charge in [-0.15, -0.1) is 0 Å². The molecule has 2 aromatic heterocycles. The molecule has 13 heteroatoms. The normalized spacial score (nSPS) is 18.4. The van der Waals surface area contributed by atoms with Crippen LogP contribution < -0.4 is 10.9 Å². The van der Waals surface area contributed by atoms with Crippen molar-refractivity contribution >= 4 is 25.6 Å². The van der Waals surface area contributed by atoms with E-state index in [1.54, 1.807) is 6.92 Å². The highest BCUT2D eigenvalue weighted by atomic mass is 28.3. The number of allylic oxidation sites excluding steroid dienone is 1. The van der Waals surface area contributed by atoms with E-state index in [-0.39, 0.29) is 25.5 Å². The van der Waals surface area contributed by atoms with Crippen LogP contribution in [0.15, 0.2) is 17.2 Å². The van der Waals surface area contributed by atoms with E-state index in [0.717, 1.165) is 16.6 Å². The van der Waals surface area contributed by atoms with Crippen LogP contribution in [-0.2, 0) is 17.6 Å². The van der Waals surface area contributed by atoms with Crippen LogP contribution in [0.5, 0.6) is 0 Å². The molecular formula is C21H28F5N5O2Si. The Balaban J connectivity index is 1.99. The van der Waals surface area contributed by atoms with Gasteiger partial charge in [0.25, 0.3) is 11.5 Å². The molecule has 7 nitrogen and oxygen atoms in total. The molecule has 2 aromatic rings. The number of aryl methyl sites for hydroxylation is 1. The number of ether oxygens (including phenoxy) is 1. The van der Waals surface area contributed by atoms with E-state index < -0.39 is 48.5 Å². The molecule has 0 bridgehead atoms. The quantitative estimate of drug-likeness (QED) is 0.217.